The lowest BCUT2D eigenvalue weighted by Crippen LogP contribution is -2.26. The van der Waals surface area contributed by atoms with Crippen LogP contribution in [0.1, 0.15) is 11.8 Å². The Morgan fingerprint density at radius 3 is 2.94 bits per heavy atom. The van der Waals surface area contributed by atoms with Crippen molar-refractivity contribution in [2.24, 2.45) is 0 Å². The lowest BCUT2D eigenvalue weighted by Gasteiger charge is -2.25. The monoisotopic (exact) mass is 248 g/mol. The van der Waals surface area contributed by atoms with Crippen molar-refractivity contribution in [3.05, 3.63) is 52.5 Å². The molecule has 0 saturated carbocycles. The van der Waals surface area contributed by atoms with Crippen LogP contribution in [0.15, 0.2) is 35.4 Å². The van der Waals surface area contributed by atoms with Crippen LogP contribution in [0.25, 0.3) is 0 Å². The van der Waals surface area contributed by atoms with E-state index in [9.17, 15) is 9.18 Å². The summed E-state index contributed by atoms with van der Waals surface area (Å²) < 4.78 is 24.6. The highest BCUT2D eigenvalue weighted by atomic mass is 19.1. The zero-order chi connectivity index (χ0) is 12.5. The molecule has 0 radical (unpaired) electrons. The summed E-state index contributed by atoms with van der Waals surface area (Å²) in [5.41, 5.74) is -0.865. The number of halogens is 1. The van der Waals surface area contributed by atoms with Crippen LogP contribution in [-0.4, -0.2) is 16.6 Å². The maximum Gasteiger partial charge on any atom is 0.287 e. The molecule has 18 heavy (non-hydrogen) atoms. The van der Waals surface area contributed by atoms with Gasteiger partial charge in [0.05, 0.1) is 6.33 Å². The van der Waals surface area contributed by atoms with E-state index in [0.29, 0.717) is 11.5 Å². The molecule has 0 bridgehead atoms. The number of H-pyrrole nitrogens is 1. The van der Waals surface area contributed by atoms with Gasteiger partial charge in [-0.1, -0.05) is 12.1 Å². The van der Waals surface area contributed by atoms with Crippen LogP contribution < -0.4 is 15.0 Å². The molecule has 3 rings (SSSR count). The topological polar surface area (TPSA) is 64.2 Å². The summed E-state index contributed by atoms with van der Waals surface area (Å²) in [6.45, 7) is 0.115. The van der Waals surface area contributed by atoms with E-state index in [1.54, 1.807) is 18.2 Å². The Hall–Kier alpha value is -2.37. The lowest BCUT2D eigenvalue weighted by atomic mass is 10.2. The van der Waals surface area contributed by atoms with Gasteiger partial charge in [0.2, 0.25) is 5.82 Å². The van der Waals surface area contributed by atoms with Crippen LogP contribution in [0.3, 0.4) is 0 Å². The van der Waals surface area contributed by atoms with E-state index < -0.39 is 17.5 Å². The smallest absolute Gasteiger partial charge is 0.287 e. The molecular formula is C12H9FN2O3. The van der Waals surface area contributed by atoms with E-state index >= 15 is 0 Å². The molecule has 0 aliphatic carbocycles. The van der Waals surface area contributed by atoms with E-state index in [2.05, 4.69) is 9.97 Å². The molecule has 0 amide bonds. The number of fused-ring (bicyclic) bond motifs is 1. The quantitative estimate of drug-likeness (QED) is 0.829. The van der Waals surface area contributed by atoms with Crippen molar-refractivity contribution in [1.82, 2.24) is 9.97 Å². The van der Waals surface area contributed by atoms with Crippen LogP contribution in [-0.2, 0) is 0 Å². The predicted molar refractivity (Wildman–Crippen MR) is 60.1 cm³/mol. The summed E-state index contributed by atoms with van der Waals surface area (Å²) in [6, 6.07) is 7.07. The standard InChI is InChI=1S/C12H9FN2O3/c13-10-11(14-6-15-12(10)16)9-5-17-7-3-1-2-4-8(7)18-9/h1-4,6,9H,5H2,(H,14,15,16). The molecule has 5 nitrogen and oxygen atoms in total. The number of hydrogen-bond donors (Lipinski definition) is 1. The van der Waals surface area contributed by atoms with E-state index in [1.165, 1.54) is 0 Å². The maximum atomic E-state index is 13.6. The fraction of sp³-hybridized carbons (Fsp3) is 0.167. The second-order valence-corrected chi connectivity index (χ2v) is 3.80. The SMILES string of the molecule is O=c1[nH]cnc(C2COc3ccccc3O2)c1F. The third kappa shape index (κ3) is 1.71. The number of hydrogen-bond acceptors (Lipinski definition) is 4. The van der Waals surface area contributed by atoms with Crippen LogP contribution in [0, 0.1) is 5.82 Å². The minimum absolute atomic E-state index is 0.0479. The van der Waals surface area contributed by atoms with Gasteiger partial charge in [0, 0.05) is 0 Å². The van der Waals surface area contributed by atoms with Gasteiger partial charge in [-0.15, -0.1) is 0 Å². The Kier molecular flexibility index (Phi) is 2.47. The zero-order valence-electron chi connectivity index (χ0n) is 9.22. The number of benzene rings is 1. The van der Waals surface area contributed by atoms with Crippen molar-refractivity contribution in [3.63, 3.8) is 0 Å². The summed E-state index contributed by atoms with van der Waals surface area (Å²) in [5.74, 6) is 0.166. The van der Waals surface area contributed by atoms with E-state index in [4.69, 9.17) is 9.47 Å². The molecule has 2 heterocycles. The van der Waals surface area contributed by atoms with Crippen molar-refractivity contribution in [1.29, 1.82) is 0 Å². The molecule has 1 atom stereocenters. The Balaban J connectivity index is 1.97. The fourth-order valence-corrected chi connectivity index (χ4v) is 1.78. The first kappa shape index (κ1) is 10.8. The molecule has 92 valence electrons. The first-order valence-corrected chi connectivity index (χ1v) is 5.37. The summed E-state index contributed by atoms with van der Waals surface area (Å²) in [4.78, 5) is 17.1. The number of aromatic nitrogens is 2. The van der Waals surface area contributed by atoms with Crippen LogP contribution >= 0.6 is 0 Å². The molecule has 1 aromatic carbocycles. The van der Waals surface area contributed by atoms with E-state index in [0.717, 1.165) is 6.33 Å². The van der Waals surface area contributed by atoms with Gasteiger partial charge in [0.15, 0.2) is 17.6 Å². The van der Waals surface area contributed by atoms with Crippen molar-refractivity contribution in [2.45, 2.75) is 6.10 Å². The molecule has 0 fully saturated rings. The molecule has 1 unspecified atom stereocenters. The Morgan fingerprint density at radius 1 is 1.33 bits per heavy atom. The Bertz CT molecular complexity index is 641. The first-order valence-electron chi connectivity index (χ1n) is 5.37. The average molecular weight is 248 g/mol. The second-order valence-electron chi connectivity index (χ2n) is 3.80. The van der Waals surface area contributed by atoms with Gasteiger partial charge in [0.1, 0.15) is 12.3 Å². The Labute approximate surface area is 101 Å². The van der Waals surface area contributed by atoms with Gasteiger partial charge in [-0.2, -0.15) is 4.39 Å². The van der Waals surface area contributed by atoms with Crippen LogP contribution in [0.5, 0.6) is 11.5 Å². The molecule has 1 aromatic heterocycles. The van der Waals surface area contributed by atoms with Crippen molar-refractivity contribution in [2.75, 3.05) is 6.61 Å². The molecule has 2 aromatic rings. The van der Waals surface area contributed by atoms with Crippen LogP contribution in [0.2, 0.25) is 0 Å². The maximum absolute atomic E-state index is 13.6. The molecule has 1 aliphatic heterocycles. The minimum Gasteiger partial charge on any atom is -0.485 e. The number of ether oxygens (including phenoxy) is 2. The summed E-state index contributed by atoms with van der Waals surface area (Å²) in [6.07, 6.45) is 0.423. The fourth-order valence-electron chi connectivity index (χ4n) is 1.78. The van der Waals surface area contributed by atoms with Crippen molar-refractivity contribution < 1.29 is 13.9 Å². The lowest BCUT2D eigenvalue weighted by molar-refractivity contribution is 0.0850. The third-order valence-corrected chi connectivity index (χ3v) is 2.64. The van der Waals surface area contributed by atoms with Gasteiger partial charge < -0.3 is 14.5 Å². The van der Waals surface area contributed by atoms with E-state index in [1.807, 2.05) is 6.07 Å². The zero-order valence-corrected chi connectivity index (χ0v) is 9.22. The summed E-state index contributed by atoms with van der Waals surface area (Å²) in [7, 11) is 0. The molecule has 0 saturated heterocycles. The number of nitrogens with one attached hydrogen (secondary N) is 1. The van der Waals surface area contributed by atoms with E-state index in [-0.39, 0.29) is 12.3 Å². The second kappa shape index (κ2) is 4.14. The highest BCUT2D eigenvalue weighted by Crippen LogP contribution is 2.35. The van der Waals surface area contributed by atoms with Gasteiger partial charge >= 0.3 is 0 Å². The number of para-hydroxylation sites is 2. The minimum atomic E-state index is -0.939. The molecule has 0 spiro atoms. The van der Waals surface area contributed by atoms with Gasteiger partial charge in [-0.05, 0) is 12.1 Å². The van der Waals surface area contributed by atoms with Gasteiger partial charge in [0.25, 0.3) is 5.56 Å². The molecule has 1 aliphatic rings. The molecular weight excluding hydrogens is 239 g/mol. The first-order chi connectivity index (χ1) is 8.75. The van der Waals surface area contributed by atoms with Gasteiger partial charge in [-0.25, -0.2) is 4.98 Å². The summed E-state index contributed by atoms with van der Waals surface area (Å²) >= 11 is 0. The van der Waals surface area contributed by atoms with Crippen molar-refractivity contribution in [3.8, 4) is 11.5 Å². The van der Waals surface area contributed by atoms with Crippen molar-refractivity contribution >= 4 is 0 Å². The average Bonchev–Trinajstić information content (AvgIpc) is 2.41. The highest BCUT2D eigenvalue weighted by molar-refractivity contribution is 5.41. The Morgan fingerprint density at radius 2 is 2.11 bits per heavy atom. The number of rotatable bonds is 1. The normalized spacial score (nSPS) is 17.5. The number of nitrogens with zero attached hydrogens (tertiary/aromatic N) is 1. The third-order valence-electron chi connectivity index (χ3n) is 2.64. The molecule has 6 heteroatoms. The molecule has 1 N–H and O–H groups in total. The largest absolute Gasteiger partial charge is 0.485 e. The predicted octanol–water partition coefficient (Wildman–Crippen LogP) is 1.42. The van der Waals surface area contributed by atoms with Gasteiger partial charge in [-0.3, -0.25) is 4.79 Å². The number of aromatic amines is 1. The summed E-state index contributed by atoms with van der Waals surface area (Å²) in [5, 5.41) is 0. The highest BCUT2D eigenvalue weighted by Gasteiger charge is 2.27. The van der Waals surface area contributed by atoms with Crippen LogP contribution in [0.4, 0.5) is 4.39 Å².